The molecule has 1 aliphatic rings. The molecule has 0 spiro atoms. The van der Waals surface area contributed by atoms with E-state index in [0.717, 1.165) is 32.4 Å². The van der Waals surface area contributed by atoms with Crippen molar-refractivity contribution in [3.05, 3.63) is 0 Å². The molecule has 13 heavy (non-hydrogen) atoms. The molecule has 0 N–H and O–H groups in total. The number of hydrogen-bond donors (Lipinski definition) is 0. The Kier molecular flexibility index (Phi) is 4.64. The zero-order valence-electron chi connectivity index (χ0n) is 8.31. The first-order valence-corrected chi connectivity index (χ1v) is 5.24. The van der Waals surface area contributed by atoms with Gasteiger partial charge >= 0.3 is 0 Å². The Morgan fingerprint density at radius 1 is 1.46 bits per heavy atom. The van der Waals surface area contributed by atoms with Gasteiger partial charge in [0.15, 0.2) is 0 Å². The topological polar surface area (TPSA) is 3.24 Å². The molecule has 0 aromatic rings. The second-order valence-electron chi connectivity index (χ2n) is 3.89. The summed E-state index contributed by atoms with van der Waals surface area (Å²) in [5, 5.41) is 0. The van der Waals surface area contributed by atoms with Gasteiger partial charge in [-0.25, -0.2) is 8.78 Å². The summed E-state index contributed by atoms with van der Waals surface area (Å²) in [5.74, 6) is -0.370. The smallest absolute Gasteiger partial charge is 0.242 e. The highest BCUT2D eigenvalue weighted by Crippen LogP contribution is 2.22. The number of alkyl halides is 2. The van der Waals surface area contributed by atoms with Gasteiger partial charge in [-0.05, 0) is 32.4 Å². The summed E-state index contributed by atoms with van der Waals surface area (Å²) in [4.78, 5) is 2.18. The molecule has 1 aliphatic heterocycles. The molecule has 0 aliphatic carbocycles. The fourth-order valence-electron chi connectivity index (χ4n) is 1.88. The maximum atomic E-state index is 12.4. The van der Waals surface area contributed by atoms with E-state index < -0.39 is 6.43 Å². The van der Waals surface area contributed by atoms with Gasteiger partial charge < -0.3 is 4.90 Å². The van der Waals surface area contributed by atoms with Gasteiger partial charge in [0.25, 0.3) is 0 Å². The van der Waals surface area contributed by atoms with Crippen molar-refractivity contribution in [1.29, 1.82) is 0 Å². The maximum absolute atomic E-state index is 12.4. The first kappa shape index (κ1) is 10.9. The summed E-state index contributed by atoms with van der Waals surface area (Å²) >= 11 is 0. The molecule has 3 heteroatoms. The van der Waals surface area contributed by atoms with Gasteiger partial charge in [-0.2, -0.15) is 0 Å². The van der Waals surface area contributed by atoms with E-state index in [1.807, 2.05) is 0 Å². The van der Waals surface area contributed by atoms with Gasteiger partial charge in [-0.1, -0.05) is 13.3 Å². The maximum Gasteiger partial charge on any atom is 0.242 e. The Labute approximate surface area is 79.1 Å². The van der Waals surface area contributed by atoms with Crippen LogP contribution in [0.4, 0.5) is 8.78 Å². The van der Waals surface area contributed by atoms with Gasteiger partial charge in [-0.3, -0.25) is 0 Å². The quantitative estimate of drug-likeness (QED) is 0.660. The van der Waals surface area contributed by atoms with Crippen LogP contribution in [0.2, 0.25) is 0 Å². The van der Waals surface area contributed by atoms with Crippen LogP contribution in [0.5, 0.6) is 0 Å². The number of piperidine rings is 1. The molecule has 0 bridgehead atoms. The van der Waals surface area contributed by atoms with Gasteiger partial charge in [0.05, 0.1) is 0 Å². The van der Waals surface area contributed by atoms with Crippen LogP contribution in [0.1, 0.15) is 32.6 Å². The highest BCUT2D eigenvalue weighted by Gasteiger charge is 2.26. The Balaban J connectivity index is 2.25. The molecule has 1 nitrogen and oxygen atoms in total. The summed E-state index contributed by atoms with van der Waals surface area (Å²) in [7, 11) is 0. The summed E-state index contributed by atoms with van der Waals surface area (Å²) in [6, 6.07) is 0. The van der Waals surface area contributed by atoms with Gasteiger partial charge in [0, 0.05) is 12.5 Å². The number of likely N-dealkylation sites (tertiary alicyclic amines) is 1. The van der Waals surface area contributed by atoms with Crippen molar-refractivity contribution in [2.24, 2.45) is 5.92 Å². The first-order chi connectivity index (χ1) is 6.24. The normalized spacial score (nSPS) is 25.4. The molecular formula is C10H19F2N. The number of rotatable bonds is 4. The summed E-state index contributed by atoms with van der Waals surface area (Å²) in [6.45, 7) is 4.76. The van der Waals surface area contributed by atoms with Crippen molar-refractivity contribution in [2.75, 3.05) is 19.6 Å². The molecule has 1 saturated heterocycles. The number of hydrogen-bond acceptors (Lipinski definition) is 1. The third kappa shape index (κ3) is 3.59. The van der Waals surface area contributed by atoms with E-state index in [4.69, 9.17) is 0 Å². The third-order valence-electron chi connectivity index (χ3n) is 2.73. The van der Waals surface area contributed by atoms with Crippen LogP contribution in [-0.4, -0.2) is 31.0 Å². The molecule has 1 heterocycles. The lowest BCUT2D eigenvalue weighted by molar-refractivity contribution is 0.0274. The van der Waals surface area contributed by atoms with E-state index >= 15 is 0 Å². The Hall–Kier alpha value is -0.180. The van der Waals surface area contributed by atoms with E-state index in [-0.39, 0.29) is 5.92 Å². The molecule has 1 atom stereocenters. The van der Waals surface area contributed by atoms with Crippen LogP contribution in [0.3, 0.4) is 0 Å². The van der Waals surface area contributed by atoms with Crippen molar-refractivity contribution in [2.45, 2.75) is 39.0 Å². The molecular weight excluding hydrogens is 172 g/mol. The van der Waals surface area contributed by atoms with Gasteiger partial charge in [-0.15, -0.1) is 0 Å². The Morgan fingerprint density at radius 3 is 2.85 bits per heavy atom. The molecule has 0 aromatic carbocycles. The van der Waals surface area contributed by atoms with Crippen molar-refractivity contribution in [3.63, 3.8) is 0 Å². The van der Waals surface area contributed by atoms with Crippen molar-refractivity contribution in [1.82, 2.24) is 4.90 Å². The van der Waals surface area contributed by atoms with E-state index in [1.54, 1.807) is 0 Å². The van der Waals surface area contributed by atoms with Crippen LogP contribution in [0, 0.1) is 5.92 Å². The first-order valence-electron chi connectivity index (χ1n) is 5.24. The second-order valence-corrected chi connectivity index (χ2v) is 3.89. The van der Waals surface area contributed by atoms with Crippen LogP contribution in [0.15, 0.2) is 0 Å². The highest BCUT2D eigenvalue weighted by atomic mass is 19.3. The average Bonchev–Trinajstić information content (AvgIpc) is 2.15. The zero-order valence-corrected chi connectivity index (χ0v) is 8.31. The molecule has 1 fully saturated rings. The minimum absolute atomic E-state index is 0.370. The lowest BCUT2D eigenvalue weighted by Crippen LogP contribution is -2.38. The molecule has 0 amide bonds. The minimum Gasteiger partial charge on any atom is -0.303 e. The van der Waals surface area contributed by atoms with Gasteiger partial charge in [0.2, 0.25) is 6.43 Å². The van der Waals surface area contributed by atoms with Crippen LogP contribution >= 0.6 is 0 Å². The summed E-state index contributed by atoms with van der Waals surface area (Å²) < 4.78 is 24.8. The van der Waals surface area contributed by atoms with E-state index in [2.05, 4.69) is 11.8 Å². The highest BCUT2D eigenvalue weighted by molar-refractivity contribution is 4.74. The molecule has 0 saturated carbocycles. The minimum atomic E-state index is -2.12. The largest absolute Gasteiger partial charge is 0.303 e. The van der Waals surface area contributed by atoms with E-state index in [9.17, 15) is 8.78 Å². The lowest BCUT2D eigenvalue weighted by atomic mass is 9.98. The predicted molar refractivity (Wildman–Crippen MR) is 50.1 cm³/mol. The molecule has 1 unspecified atom stereocenters. The molecule has 78 valence electrons. The summed E-state index contributed by atoms with van der Waals surface area (Å²) in [6.07, 6.45) is 1.81. The summed E-state index contributed by atoms with van der Waals surface area (Å²) in [5.41, 5.74) is 0. The SMILES string of the molecule is CCCCN1CCCC(C(F)F)C1. The van der Waals surface area contributed by atoms with Crippen molar-refractivity contribution < 1.29 is 8.78 Å². The zero-order chi connectivity index (χ0) is 9.68. The molecule has 0 aromatic heterocycles. The number of halogens is 2. The fourth-order valence-corrected chi connectivity index (χ4v) is 1.88. The molecule has 0 radical (unpaired) electrons. The third-order valence-corrected chi connectivity index (χ3v) is 2.73. The van der Waals surface area contributed by atoms with Crippen LogP contribution in [-0.2, 0) is 0 Å². The van der Waals surface area contributed by atoms with E-state index in [1.165, 1.54) is 0 Å². The Morgan fingerprint density at radius 2 is 2.23 bits per heavy atom. The lowest BCUT2D eigenvalue weighted by Gasteiger charge is -2.32. The fraction of sp³-hybridized carbons (Fsp3) is 1.00. The van der Waals surface area contributed by atoms with Crippen molar-refractivity contribution >= 4 is 0 Å². The van der Waals surface area contributed by atoms with E-state index in [0.29, 0.717) is 13.0 Å². The Bertz CT molecular complexity index is 139. The average molecular weight is 191 g/mol. The molecule has 1 rings (SSSR count). The van der Waals surface area contributed by atoms with Crippen LogP contribution in [0.25, 0.3) is 0 Å². The predicted octanol–water partition coefficient (Wildman–Crippen LogP) is 2.76. The van der Waals surface area contributed by atoms with Crippen molar-refractivity contribution in [3.8, 4) is 0 Å². The second kappa shape index (κ2) is 5.53. The van der Waals surface area contributed by atoms with Crippen LogP contribution < -0.4 is 0 Å². The monoisotopic (exact) mass is 191 g/mol. The standard InChI is InChI=1S/C10H19F2N/c1-2-3-6-13-7-4-5-9(8-13)10(11)12/h9-10H,2-8H2,1H3. The number of nitrogens with zero attached hydrogens (tertiary/aromatic N) is 1. The van der Waals surface area contributed by atoms with Gasteiger partial charge in [0.1, 0.15) is 0 Å². The number of unbranched alkanes of at least 4 members (excludes halogenated alkanes) is 1.